The summed E-state index contributed by atoms with van der Waals surface area (Å²) < 4.78 is 58.0. The number of carbonyl (C=O) groups is 1. The quantitative estimate of drug-likeness (QED) is 0.775. The molecule has 5 nitrogen and oxygen atoms in total. The number of halogens is 2. The molecule has 0 amide bonds. The van der Waals surface area contributed by atoms with Crippen molar-refractivity contribution in [2.24, 2.45) is 0 Å². The highest BCUT2D eigenvalue weighted by Gasteiger charge is 2.45. The SMILES string of the molecule is COC(=O)[C@H](C)N(C1CC1)S(=O)(=O)c1c(F)cccc1F. The van der Waals surface area contributed by atoms with Crippen LogP contribution in [0.5, 0.6) is 0 Å². The van der Waals surface area contributed by atoms with Crippen molar-refractivity contribution in [2.45, 2.75) is 36.7 Å². The monoisotopic (exact) mass is 319 g/mol. The Morgan fingerprint density at radius 1 is 1.33 bits per heavy atom. The first kappa shape index (κ1) is 15.8. The Morgan fingerprint density at radius 2 is 1.86 bits per heavy atom. The van der Waals surface area contributed by atoms with Crippen molar-refractivity contribution in [1.82, 2.24) is 4.31 Å². The maximum Gasteiger partial charge on any atom is 0.323 e. The van der Waals surface area contributed by atoms with E-state index in [-0.39, 0.29) is 0 Å². The molecule has 2 rings (SSSR count). The predicted molar refractivity (Wildman–Crippen MR) is 69.9 cm³/mol. The minimum Gasteiger partial charge on any atom is -0.468 e. The molecule has 0 aliphatic heterocycles. The van der Waals surface area contributed by atoms with Crippen LogP contribution in [-0.4, -0.2) is 37.9 Å². The largest absolute Gasteiger partial charge is 0.468 e. The van der Waals surface area contributed by atoms with E-state index in [2.05, 4.69) is 4.74 Å². The number of esters is 1. The third-order valence-corrected chi connectivity index (χ3v) is 5.36. The summed E-state index contributed by atoms with van der Waals surface area (Å²) >= 11 is 0. The molecule has 1 aromatic rings. The number of nitrogens with zero attached hydrogens (tertiary/aromatic N) is 1. The summed E-state index contributed by atoms with van der Waals surface area (Å²) in [6.45, 7) is 1.33. The van der Waals surface area contributed by atoms with Gasteiger partial charge in [-0.15, -0.1) is 0 Å². The number of hydrogen-bond donors (Lipinski definition) is 0. The molecule has 1 aliphatic rings. The summed E-state index contributed by atoms with van der Waals surface area (Å²) in [4.78, 5) is 10.6. The topological polar surface area (TPSA) is 63.7 Å². The standard InChI is InChI=1S/C13H15F2NO4S/c1-8(13(17)20-2)16(9-6-7-9)21(18,19)12-10(14)4-3-5-11(12)15/h3-5,8-9H,6-7H2,1-2H3/t8-/m0/s1. The van der Waals surface area contributed by atoms with Gasteiger partial charge in [-0.1, -0.05) is 6.07 Å². The molecule has 0 radical (unpaired) electrons. The van der Waals surface area contributed by atoms with E-state index in [1.54, 1.807) is 0 Å². The lowest BCUT2D eigenvalue weighted by molar-refractivity contribution is -0.144. The van der Waals surface area contributed by atoms with E-state index in [1.807, 2.05) is 0 Å². The predicted octanol–water partition coefficient (Wildman–Crippen LogP) is 1.68. The van der Waals surface area contributed by atoms with Crippen molar-refractivity contribution < 1.29 is 26.7 Å². The second-order valence-electron chi connectivity index (χ2n) is 4.82. The Balaban J connectivity index is 2.51. The Bertz CT molecular complexity index is 638. The molecule has 0 saturated heterocycles. The second-order valence-corrected chi connectivity index (χ2v) is 6.60. The highest BCUT2D eigenvalue weighted by molar-refractivity contribution is 7.89. The molecule has 1 atom stereocenters. The van der Waals surface area contributed by atoms with Crippen molar-refractivity contribution in [3.8, 4) is 0 Å². The van der Waals surface area contributed by atoms with Gasteiger partial charge < -0.3 is 4.74 Å². The molecule has 8 heteroatoms. The van der Waals surface area contributed by atoms with Gasteiger partial charge in [0.15, 0.2) is 4.90 Å². The number of carbonyl (C=O) groups excluding carboxylic acids is 1. The number of benzene rings is 1. The zero-order chi connectivity index (χ0) is 15.8. The minimum atomic E-state index is -4.47. The normalized spacial score (nSPS) is 16.8. The molecule has 0 spiro atoms. The molecule has 0 bridgehead atoms. The van der Waals surface area contributed by atoms with Gasteiger partial charge in [-0.3, -0.25) is 4.79 Å². The number of sulfonamides is 1. The van der Waals surface area contributed by atoms with E-state index in [0.717, 1.165) is 29.6 Å². The molecule has 21 heavy (non-hydrogen) atoms. The van der Waals surface area contributed by atoms with Crippen LogP contribution in [0.3, 0.4) is 0 Å². The van der Waals surface area contributed by atoms with Crippen LogP contribution in [-0.2, 0) is 19.6 Å². The summed E-state index contributed by atoms with van der Waals surface area (Å²) in [6, 6.07) is 1.22. The fraction of sp³-hybridized carbons (Fsp3) is 0.462. The Hall–Kier alpha value is -1.54. The average molecular weight is 319 g/mol. The highest BCUT2D eigenvalue weighted by Crippen LogP contribution is 2.35. The van der Waals surface area contributed by atoms with E-state index >= 15 is 0 Å². The van der Waals surface area contributed by atoms with Crippen LogP contribution in [0.4, 0.5) is 8.78 Å². The van der Waals surface area contributed by atoms with E-state index in [0.29, 0.717) is 12.8 Å². The number of rotatable bonds is 5. The molecule has 0 heterocycles. The fourth-order valence-corrected chi connectivity index (χ4v) is 4.10. The first-order valence-corrected chi connectivity index (χ1v) is 7.80. The van der Waals surface area contributed by atoms with Gasteiger partial charge in [0, 0.05) is 6.04 Å². The lowest BCUT2D eigenvalue weighted by atomic mass is 10.3. The van der Waals surface area contributed by atoms with Crippen molar-refractivity contribution in [1.29, 1.82) is 0 Å². The van der Waals surface area contributed by atoms with E-state index in [4.69, 9.17) is 0 Å². The Labute approximate surface area is 121 Å². The van der Waals surface area contributed by atoms with Crippen molar-refractivity contribution in [3.63, 3.8) is 0 Å². The van der Waals surface area contributed by atoms with Gasteiger partial charge in [0.2, 0.25) is 10.0 Å². The van der Waals surface area contributed by atoms with Gasteiger partial charge in [0.05, 0.1) is 7.11 Å². The van der Waals surface area contributed by atoms with E-state index < -0.39 is 44.6 Å². The van der Waals surface area contributed by atoms with Crippen LogP contribution in [0.15, 0.2) is 23.1 Å². The summed E-state index contributed by atoms with van der Waals surface area (Å²) in [5.41, 5.74) is 0. The summed E-state index contributed by atoms with van der Waals surface area (Å²) in [7, 11) is -3.35. The summed E-state index contributed by atoms with van der Waals surface area (Å²) in [5, 5.41) is 0. The van der Waals surface area contributed by atoms with Crippen molar-refractivity contribution >= 4 is 16.0 Å². The lowest BCUT2D eigenvalue weighted by Gasteiger charge is -2.26. The Morgan fingerprint density at radius 3 is 2.29 bits per heavy atom. The summed E-state index contributed by atoms with van der Waals surface area (Å²) in [5.74, 6) is -3.14. The summed E-state index contributed by atoms with van der Waals surface area (Å²) in [6.07, 6.45) is 1.08. The van der Waals surface area contributed by atoms with Crippen LogP contribution in [0, 0.1) is 11.6 Å². The number of hydrogen-bond acceptors (Lipinski definition) is 4. The smallest absolute Gasteiger partial charge is 0.323 e. The Kier molecular flexibility index (Phi) is 4.29. The third kappa shape index (κ3) is 2.91. The fourth-order valence-electron chi connectivity index (χ4n) is 2.16. The molecule has 1 saturated carbocycles. The highest BCUT2D eigenvalue weighted by atomic mass is 32.2. The lowest BCUT2D eigenvalue weighted by Crippen LogP contribution is -2.45. The maximum atomic E-state index is 13.8. The van der Waals surface area contributed by atoms with Crippen LogP contribution >= 0.6 is 0 Å². The van der Waals surface area contributed by atoms with Gasteiger partial charge >= 0.3 is 5.97 Å². The van der Waals surface area contributed by atoms with Gasteiger partial charge in [-0.05, 0) is 31.9 Å². The van der Waals surface area contributed by atoms with Gasteiger partial charge in [0.1, 0.15) is 17.7 Å². The van der Waals surface area contributed by atoms with Crippen molar-refractivity contribution in [2.75, 3.05) is 7.11 Å². The molecule has 0 unspecified atom stereocenters. The minimum absolute atomic E-state index is 0.442. The average Bonchev–Trinajstić information content (AvgIpc) is 3.21. The number of ether oxygens (including phenoxy) is 1. The molecule has 1 aliphatic carbocycles. The van der Waals surface area contributed by atoms with Crippen LogP contribution < -0.4 is 0 Å². The van der Waals surface area contributed by atoms with Crippen molar-refractivity contribution in [3.05, 3.63) is 29.8 Å². The zero-order valence-electron chi connectivity index (χ0n) is 11.5. The van der Waals surface area contributed by atoms with Gasteiger partial charge in [-0.2, -0.15) is 4.31 Å². The first-order valence-electron chi connectivity index (χ1n) is 6.36. The first-order chi connectivity index (χ1) is 9.80. The van der Waals surface area contributed by atoms with Crippen LogP contribution in [0.1, 0.15) is 19.8 Å². The second kappa shape index (κ2) is 5.69. The molecular formula is C13H15F2NO4S. The maximum absolute atomic E-state index is 13.8. The van der Waals surface area contributed by atoms with Crippen LogP contribution in [0.25, 0.3) is 0 Å². The third-order valence-electron chi connectivity index (χ3n) is 3.29. The zero-order valence-corrected chi connectivity index (χ0v) is 12.4. The molecule has 116 valence electrons. The van der Waals surface area contributed by atoms with Crippen LogP contribution in [0.2, 0.25) is 0 Å². The molecular weight excluding hydrogens is 304 g/mol. The van der Waals surface area contributed by atoms with E-state index in [9.17, 15) is 22.0 Å². The molecule has 1 aromatic carbocycles. The van der Waals surface area contributed by atoms with Gasteiger partial charge in [-0.25, -0.2) is 17.2 Å². The number of methoxy groups -OCH3 is 1. The molecule has 1 fully saturated rings. The van der Waals surface area contributed by atoms with Gasteiger partial charge in [0.25, 0.3) is 0 Å². The van der Waals surface area contributed by atoms with E-state index in [1.165, 1.54) is 6.92 Å². The molecule has 0 N–H and O–H groups in total. The molecule has 0 aromatic heterocycles.